The number of hydrogen-bond donors (Lipinski definition) is 8. The zero-order chi connectivity index (χ0) is 40.8. The maximum atomic E-state index is 12.8. The van der Waals surface area contributed by atoms with E-state index in [0.29, 0.717) is 49.4 Å². The Kier molecular flexibility index (Phi) is 14.5. The van der Waals surface area contributed by atoms with Gasteiger partial charge >= 0.3 is 5.97 Å². The van der Waals surface area contributed by atoms with Crippen LogP contribution in [-0.2, 0) is 22.6 Å². The molecule has 12 nitrogen and oxygen atoms in total. The summed E-state index contributed by atoms with van der Waals surface area (Å²) in [6.07, 6.45) is 12.5. The summed E-state index contributed by atoms with van der Waals surface area (Å²) < 4.78 is 12.8. The number of fused-ring (bicyclic) bond motifs is 5. The third kappa shape index (κ3) is 10.3. The molecule has 3 heterocycles. The van der Waals surface area contributed by atoms with Gasteiger partial charge in [0.05, 0.1) is 30.3 Å². The van der Waals surface area contributed by atoms with Crippen molar-refractivity contribution in [2.24, 2.45) is 28.0 Å². The SMILES string of the molecule is CC(=O)O[C@H]1C[C@@H](O)CC[C@@]23C#C[C@@H]4CCC[C@@]5(CNCCSSCC6(CCCCC6)NC(N)=N[C@@H]2C=CC[C@H]3O)C[C@H](CCN5)Oc2cc(c(CO)cc2O)C[C@@H]41. The number of guanidine groups is 1. The predicted octanol–water partition coefficient (Wildman–Crippen LogP) is 4.46. The lowest BCUT2D eigenvalue weighted by atomic mass is 9.66. The van der Waals surface area contributed by atoms with Gasteiger partial charge in [-0.25, -0.2) is 4.99 Å². The minimum atomic E-state index is -1.02. The van der Waals surface area contributed by atoms with E-state index in [-0.39, 0.29) is 41.9 Å². The van der Waals surface area contributed by atoms with E-state index >= 15 is 0 Å². The number of benzene rings is 1. The highest BCUT2D eigenvalue weighted by atomic mass is 33.1. The number of piperidine rings is 1. The van der Waals surface area contributed by atoms with Crippen LogP contribution in [0.4, 0.5) is 0 Å². The van der Waals surface area contributed by atoms with Crippen LogP contribution in [0, 0.1) is 29.1 Å². The summed E-state index contributed by atoms with van der Waals surface area (Å²) in [5.41, 5.74) is 6.70. The third-order valence-corrected chi connectivity index (χ3v) is 16.2. The van der Waals surface area contributed by atoms with Gasteiger partial charge in [-0.2, -0.15) is 0 Å². The van der Waals surface area contributed by atoms with Crippen LogP contribution >= 0.6 is 21.6 Å². The molecule has 7 rings (SSSR count). The van der Waals surface area contributed by atoms with Crippen LogP contribution < -0.4 is 26.4 Å². The normalized spacial score (nSPS) is 36.0. The van der Waals surface area contributed by atoms with Crippen LogP contribution in [0.25, 0.3) is 0 Å². The number of nitrogens with zero attached hydrogens (tertiary/aromatic N) is 1. The van der Waals surface area contributed by atoms with Crippen molar-refractivity contribution in [1.29, 1.82) is 0 Å². The van der Waals surface area contributed by atoms with Crippen LogP contribution in [0.2, 0.25) is 0 Å². The number of nitrogens with one attached hydrogen (secondary N) is 3. The Labute approximate surface area is 352 Å². The molecule has 6 aliphatic rings. The molecule has 1 saturated carbocycles. The number of rotatable bonds is 2. The number of aliphatic hydroxyl groups is 3. The van der Waals surface area contributed by atoms with Crippen molar-refractivity contribution < 1.29 is 34.7 Å². The van der Waals surface area contributed by atoms with E-state index in [1.54, 1.807) is 6.07 Å². The van der Waals surface area contributed by atoms with Crippen molar-refractivity contribution in [3.8, 4) is 23.3 Å². The molecule has 1 aromatic carbocycles. The highest BCUT2D eigenvalue weighted by Crippen LogP contribution is 2.44. The summed E-state index contributed by atoms with van der Waals surface area (Å²) >= 11 is 0. The van der Waals surface area contributed by atoms with Crippen molar-refractivity contribution in [2.45, 2.75) is 151 Å². The maximum Gasteiger partial charge on any atom is 0.302 e. The van der Waals surface area contributed by atoms with Crippen LogP contribution in [0.15, 0.2) is 29.3 Å². The lowest BCUT2D eigenvalue weighted by Gasteiger charge is -2.43. The summed E-state index contributed by atoms with van der Waals surface area (Å²) in [6.45, 7) is 3.47. The lowest BCUT2D eigenvalue weighted by Crippen LogP contribution is -2.59. The number of phenolic OH excluding ortho intramolecular Hbond substituents is 1. The zero-order valence-electron chi connectivity index (χ0n) is 34.1. The second-order valence-electron chi connectivity index (χ2n) is 17.8. The Morgan fingerprint density at radius 2 is 1.90 bits per heavy atom. The van der Waals surface area contributed by atoms with Gasteiger partial charge in [0, 0.05) is 67.3 Å². The molecule has 0 unspecified atom stereocenters. The van der Waals surface area contributed by atoms with E-state index < -0.39 is 41.7 Å². The topological polar surface area (TPSA) is 191 Å². The number of hydrogen-bond acceptors (Lipinski definition) is 14. The van der Waals surface area contributed by atoms with E-state index in [1.807, 2.05) is 39.8 Å². The van der Waals surface area contributed by atoms with Gasteiger partial charge in [0.2, 0.25) is 0 Å². The molecule has 3 spiro atoms. The fraction of sp³-hybridized carbons (Fsp3) is 0.727. The number of phenols is 1. The number of carbonyl (C=O) groups excluding carboxylic acids is 1. The monoisotopic (exact) mass is 839 g/mol. The van der Waals surface area contributed by atoms with Crippen molar-refractivity contribution in [3.63, 3.8) is 0 Å². The summed E-state index contributed by atoms with van der Waals surface area (Å²) in [5.74, 6) is 8.77. The van der Waals surface area contributed by atoms with E-state index in [0.717, 1.165) is 88.1 Å². The van der Waals surface area contributed by atoms with Crippen LogP contribution in [0.5, 0.6) is 11.5 Å². The Morgan fingerprint density at radius 3 is 2.71 bits per heavy atom. The minimum Gasteiger partial charge on any atom is -0.504 e. The molecule has 9 N–H and O–H groups in total. The molecule has 3 aliphatic carbocycles. The molecular formula is C44H65N5O7S2. The molecule has 3 aliphatic heterocycles. The van der Waals surface area contributed by atoms with Crippen molar-refractivity contribution in [1.82, 2.24) is 16.0 Å². The van der Waals surface area contributed by atoms with Gasteiger partial charge in [-0.05, 0) is 87.6 Å². The average Bonchev–Trinajstić information content (AvgIpc) is 3.19. The molecule has 1 aromatic rings. The standard InChI is InChI=1S/C44H65N5O7S2/c1-29(51)55-37-24-33(52)11-17-44-16-10-30-7-6-15-43(25-34(12-18-47-43)56-38-23-31(21-35(30)37)32(26-50)22-36(38)53)27-46-19-20-57-58-28-42(13-3-2-4-14-42)49-41(45)48-39(44)8-5-9-40(44)54/h5,8,22-23,30,33-35,37,39-40,46-47,50,52-54H,2-4,6-7,9,11-15,17-21,24-28H2,1H3,(H3,45,48,49)/t30-,33-,34-,35-,37-,39+,40+,43-,44-/m0/s1. The highest BCUT2D eigenvalue weighted by molar-refractivity contribution is 8.76. The van der Waals surface area contributed by atoms with Gasteiger partial charge < -0.3 is 51.6 Å². The number of aliphatic hydroxyl groups excluding tert-OH is 3. The third-order valence-electron chi connectivity index (χ3n) is 13.7. The number of esters is 1. The molecule has 1 saturated heterocycles. The van der Waals surface area contributed by atoms with E-state index in [4.69, 9.17) is 20.2 Å². The smallest absolute Gasteiger partial charge is 0.302 e. The number of nitrogens with two attached hydrogens (primary N) is 1. The molecule has 58 heavy (non-hydrogen) atoms. The molecule has 14 heteroatoms. The van der Waals surface area contributed by atoms with Gasteiger partial charge in [-0.3, -0.25) is 4.79 Å². The summed E-state index contributed by atoms with van der Waals surface area (Å²) in [5, 5.41) is 57.0. The molecule has 9 atom stereocenters. The largest absolute Gasteiger partial charge is 0.504 e. The fourth-order valence-electron chi connectivity index (χ4n) is 10.5. The number of aliphatic imine (C=N–C) groups is 1. The molecule has 0 radical (unpaired) electrons. The summed E-state index contributed by atoms with van der Waals surface area (Å²) in [4.78, 5) is 17.9. The quantitative estimate of drug-likeness (QED) is 0.0903. The van der Waals surface area contributed by atoms with Crippen LogP contribution in [-0.4, -0.2) is 105 Å². The van der Waals surface area contributed by atoms with Crippen LogP contribution in [0.3, 0.4) is 0 Å². The Hall–Kier alpha value is -2.64. The lowest BCUT2D eigenvalue weighted by molar-refractivity contribution is -0.152. The van der Waals surface area contributed by atoms with E-state index in [2.05, 4.69) is 27.8 Å². The van der Waals surface area contributed by atoms with Gasteiger partial charge in [0.25, 0.3) is 0 Å². The van der Waals surface area contributed by atoms with Crippen LogP contribution in [0.1, 0.15) is 108 Å². The fourth-order valence-corrected chi connectivity index (χ4v) is 13.1. The number of aromatic hydroxyl groups is 1. The average molecular weight is 840 g/mol. The summed E-state index contributed by atoms with van der Waals surface area (Å²) in [7, 11) is 3.77. The molecular weight excluding hydrogens is 775 g/mol. The van der Waals surface area contributed by atoms with Crippen molar-refractivity contribution in [3.05, 3.63) is 35.4 Å². The number of ether oxygens (including phenoxy) is 2. The van der Waals surface area contributed by atoms with Gasteiger partial charge in [0.1, 0.15) is 12.2 Å². The van der Waals surface area contributed by atoms with E-state index in [1.165, 1.54) is 13.3 Å². The molecule has 0 aromatic heterocycles. The second kappa shape index (κ2) is 19.4. The Balaban J connectivity index is 1.38. The second-order valence-corrected chi connectivity index (χ2v) is 20.4. The van der Waals surface area contributed by atoms with E-state index in [9.17, 15) is 25.2 Å². The molecule has 320 valence electrons. The number of carbonyl (C=O) groups is 1. The first-order chi connectivity index (χ1) is 28.0. The van der Waals surface area contributed by atoms with Gasteiger partial charge in [0.15, 0.2) is 17.5 Å². The van der Waals surface area contributed by atoms with Gasteiger partial charge in [-0.15, -0.1) is 0 Å². The minimum absolute atomic E-state index is 0.0253. The van der Waals surface area contributed by atoms with Crippen molar-refractivity contribution >= 4 is 33.5 Å². The van der Waals surface area contributed by atoms with Crippen molar-refractivity contribution in [2.75, 3.05) is 31.1 Å². The van der Waals surface area contributed by atoms with Gasteiger partial charge in [-0.1, -0.05) is 71.3 Å². The zero-order valence-corrected chi connectivity index (χ0v) is 35.7. The molecule has 6 bridgehead atoms. The highest BCUT2D eigenvalue weighted by Gasteiger charge is 2.47. The first-order valence-electron chi connectivity index (χ1n) is 21.7. The maximum absolute atomic E-state index is 12.8. The molecule has 0 amide bonds. The Bertz CT molecular complexity index is 1710. The Morgan fingerprint density at radius 1 is 1.07 bits per heavy atom. The predicted molar refractivity (Wildman–Crippen MR) is 230 cm³/mol. The summed E-state index contributed by atoms with van der Waals surface area (Å²) in [6, 6.07) is 2.86. The molecule has 2 fully saturated rings. The first-order valence-corrected chi connectivity index (χ1v) is 24.2. The first kappa shape index (κ1) is 43.4.